The van der Waals surface area contributed by atoms with Crippen molar-refractivity contribution in [1.29, 1.82) is 0 Å². The number of hydrogen-bond acceptors (Lipinski definition) is 4. The Morgan fingerprint density at radius 1 is 1.52 bits per heavy atom. The van der Waals surface area contributed by atoms with Crippen LogP contribution in [0.15, 0.2) is 23.1 Å². The van der Waals surface area contributed by atoms with Crippen molar-refractivity contribution in [3.05, 3.63) is 43.2 Å². The first-order valence-corrected chi connectivity index (χ1v) is 7.80. The van der Waals surface area contributed by atoms with E-state index in [1.54, 1.807) is 13.0 Å². The molecule has 2 aromatic rings. The molecule has 3 rings (SSSR count). The monoisotopic (exact) mass is 399 g/mol. The van der Waals surface area contributed by atoms with Crippen LogP contribution in [0, 0.1) is 3.57 Å². The van der Waals surface area contributed by atoms with E-state index in [-0.39, 0.29) is 30.2 Å². The minimum Gasteiger partial charge on any atom is -0.462 e. The number of halogens is 1. The molecule has 5 nitrogen and oxygen atoms in total. The highest BCUT2D eigenvalue weighted by Crippen LogP contribution is 2.32. The Labute approximate surface area is 134 Å². The Kier molecular flexibility index (Phi) is 3.75. The van der Waals surface area contributed by atoms with Gasteiger partial charge in [0.2, 0.25) is 5.43 Å². The second kappa shape index (κ2) is 5.42. The van der Waals surface area contributed by atoms with E-state index in [2.05, 4.69) is 22.6 Å². The molecular formula is C15H14INO4. The highest BCUT2D eigenvalue weighted by atomic mass is 127. The summed E-state index contributed by atoms with van der Waals surface area (Å²) in [5.41, 5.74) is 1.56. The van der Waals surface area contributed by atoms with Crippen molar-refractivity contribution >= 4 is 39.5 Å². The van der Waals surface area contributed by atoms with Crippen molar-refractivity contribution in [2.24, 2.45) is 0 Å². The van der Waals surface area contributed by atoms with Gasteiger partial charge in [-0.05, 0) is 53.6 Å². The maximum Gasteiger partial charge on any atom is 0.343 e. The summed E-state index contributed by atoms with van der Waals surface area (Å²) in [6.45, 7) is 1.88. The number of benzene rings is 1. The maximum absolute atomic E-state index is 12.5. The van der Waals surface area contributed by atoms with Gasteiger partial charge in [-0.3, -0.25) is 4.79 Å². The normalized spacial score (nSPS) is 16.4. The van der Waals surface area contributed by atoms with Crippen LogP contribution in [0.2, 0.25) is 0 Å². The fourth-order valence-electron chi connectivity index (χ4n) is 2.84. The van der Waals surface area contributed by atoms with Gasteiger partial charge < -0.3 is 14.4 Å². The quantitative estimate of drug-likeness (QED) is 0.632. The summed E-state index contributed by atoms with van der Waals surface area (Å²) in [6.07, 6.45) is 2.18. The summed E-state index contributed by atoms with van der Waals surface area (Å²) >= 11 is 2.15. The number of rotatable bonds is 3. The highest BCUT2D eigenvalue weighted by molar-refractivity contribution is 14.1. The largest absolute Gasteiger partial charge is 0.462 e. The van der Waals surface area contributed by atoms with Crippen LogP contribution in [0.1, 0.15) is 28.9 Å². The third kappa shape index (κ3) is 2.26. The molecule has 6 heteroatoms. The average Bonchev–Trinajstić information content (AvgIpc) is 2.80. The molecule has 0 aliphatic carbocycles. The third-order valence-electron chi connectivity index (χ3n) is 3.72. The topological polar surface area (TPSA) is 68.5 Å². The van der Waals surface area contributed by atoms with E-state index in [0.29, 0.717) is 11.8 Å². The van der Waals surface area contributed by atoms with E-state index in [4.69, 9.17) is 4.74 Å². The highest BCUT2D eigenvalue weighted by Gasteiger charge is 2.27. The van der Waals surface area contributed by atoms with Crippen LogP contribution in [0.25, 0.3) is 10.9 Å². The summed E-state index contributed by atoms with van der Waals surface area (Å²) in [7, 11) is 0. The molecular weight excluding hydrogens is 385 g/mol. The first kappa shape index (κ1) is 14.5. The van der Waals surface area contributed by atoms with Crippen molar-refractivity contribution in [3.63, 3.8) is 0 Å². The van der Waals surface area contributed by atoms with Gasteiger partial charge in [-0.1, -0.05) is 0 Å². The Morgan fingerprint density at radius 3 is 2.95 bits per heavy atom. The predicted octanol–water partition coefficient (Wildman–Crippen LogP) is 1.87. The fourth-order valence-corrected chi connectivity index (χ4v) is 3.53. The van der Waals surface area contributed by atoms with E-state index in [9.17, 15) is 14.7 Å². The van der Waals surface area contributed by atoms with Crippen LogP contribution in [-0.2, 0) is 11.2 Å². The fraction of sp³-hybridized carbons (Fsp3) is 0.333. The minimum absolute atomic E-state index is 0.0256. The van der Waals surface area contributed by atoms with E-state index >= 15 is 0 Å². The Bertz CT molecular complexity index is 796. The number of ether oxygens (including phenoxy) is 1. The molecule has 1 atom stereocenters. The van der Waals surface area contributed by atoms with Gasteiger partial charge in [0.05, 0.1) is 24.8 Å². The SMILES string of the molecule is CCOC(=O)c1cn2c3c(cc(I)cc3c1=O)CC2CO. The zero-order valence-corrected chi connectivity index (χ0v) is 13.6. The number of carbonyl (C=O) groups is 1. The molecule has 1 unspecified atom stereocenters. The molecule has 0 spiro atoms. The maximum atomic E-state index is 12.5. The molecule has 21 heavy (non-hydrogen) atoms. The summed E-state index contributed by atoms with van der Waals surface area (Å²) in [6, 6.07) is 3.65. The molecule has 1 aromatic heterocycles. The summed E-state index contributed by atoms with van der Waals surface area (Å²) in [5, 5.41) is 10.1. The number of hydrogen-bond donors (Lipinski definition) is 1. The standard InChI is InChI=1S/C15H14INO4/c1-2-21-15(20)12-6-17-10(7-18)4-8-3-9(16)5-11(13(8)17)14(12)19/h3,5-6,10,18H,2,4,7H2,1H3. The van der Waals surface area contributed by atoms with Crippen LogP contribution in [0.3, 0.4) is 0 Å². The van der Waals surface area contributed by atoms with Crippen LogP contribution < -0.4 is 5.43 Å². The van der Waals surface area contributed by atoms with Gasteiger partial charge in [0, 0.05) is 15.2 Å². The summed E-state index contributed by atoms with van der Waals surface area (Å²) < 4.78 is 7.73. The number of esters is 1. The van der Waals surface area contributed by atoms with Gasteiger partial charge in [-0.15, -0.1) is 0 Å². The average molecular weight is 399 g/mol. The zero-order valence-electron chi connectivity index (χ0n) is 11.4. The summed E-state index contributed by atoms with van der Waals surface area (Å²) in [5.74, 6) is -0.614. The lowest BCUT2D eigenvalue weighted by atomic mass is 10.1. The van der Waals surface area contributed by atoms with E-state index in [0.717, 1.165) is 14.7 Å². The number of aliphatic hydroxyl groups excluding tert-OH is 1. The molecule has 1 aliphatic rings. The smallest absolute Gasteiger partial charge is 0.343 e. The molecule has 1 aliphatic heterocycles. The number of pyridine rings is 1. The van der Waals surface area contributed by atoms with Crippen LogP contribution in [-0.4, -0.2) is 28.9 Å². The first-order chi connectivity index (χ1) is 10.1. The Balaban J connectivity index is 2.34. The lowest BCUT2D eigenvalue weighted by molar-refractivity contribution is 0.0524. The molecule has 0 bridgehead atoms. The van der Waals surface area contributed by atoms with Crippen molar-refractivity contribution in [1.82, 2.24) is 4.57 Å². The van der Waals surface area contributed by atoms with Crippen LogP contribution in [0.5, 0.6) is 0 Å². The number of aliphatic hydroxyl groups is 1. The predicted molar refractivity (Wildman–Crippen MR) is 86.7 cm³/mol. The van der Waals surface area contributed by atoms with Crippen LogP contribution >= 0.6 is 22.6 Å². The molecule has 110 valence electrons. The molecule has 1 aromatic carbocycles. The first-order valence-electron chi connectivity index (χ1n) is 6.72. The molecule has 0 fully saturated rings. The molecule has 1 N–H and O–H groups in total. The number of carbonyl (C=O) groups excluding carboxylic acids is 1. The van der Waals surface area contributed by atoms with Crippen molar-refractivity contribution in [2.45, 2.75) is 19.4 Å². The number of aromatic nitrogens is 1. The summed E-state index contributed by atoms with van der Waals surface area (Å²) in [4.78, 5) is 24.5. The van der Waals surface area contributed by atoms with E-state index in [1.807, 2.05) is 10.6 Å². The lowest BCUT2D eigenvalue weighted by Gasteiger charge is -2.14. The zero-order chi connectivity index (χ0) is 15.1. The molecule has 0 amide bonds. The van der Waals surface area contributed by atoms with Gasteiger partial charge in [0.25, 0.3) is 0 Å². The molecule has 0 saturated heterocycles. The van der Waals surface area contributed by atoms with Gasteiger partial charge in [0.15, 0.2) is 0 Å². The molecule has 0 radical (unpaired) electrons. The minimum atomic E-state index is -0.614. The number of nitrogens with zero attached hydrogens (tertiary/aromatic N) is 1. The van der Waals surface area contributed by atoms with E-state index in [1.165, 1.54) is 6.20 Å². The second-order valence-corrected chi connectivity index (χ2v) is 6.25. The van der Waals surface area contributed by atoms with Gasteiger partial charge in [-0.2, -0.15) is 0 Å². The third-order valence-corrected chi connectivity index (χ3v) is 4.35. The lowest BCUT2D eigenvalue weighted by Crippen LogP contribution is -2.22. The van der Waals surface area contributed by atoms with E-state index < -0.39 is 5.97 Å². The van der Waals surface area contributed by atoms with Crippen molar-refractivity contribution < 1.29 is 14.6 Å². The van der Waals surface area contributed by atoms with Crippen molar-refractivity contribution in [3.8, 4) is 0 Å². The van der Waals surface area contributed by atoms with Crippen LogP contribution in [0.4, 0.5) is 0 Å². The molecule has 2 heterocycles. The second-order valence-electron chi connectivity index (χ2n) is 5.00. The van der Waals surface area contributed by atoms with Gasteiger partial charge in [0.1, 0.15) is 5.56 Å². The Hall–Kier alpha value is -1.41. The van der Waals surface area contributed by atoms with Gasteiger partial charge >= 0.3 is 5.97 Å². The van der Waals surface area contributed by atoms with Crippen molar-refractivity contribution in [2.75, 3.05) is 13.2 Å². The molecule has 0 saturated carbocycles. The van der Waals surface area contributed by atoms with Gasteiger partial charge in [-0.25, -0.2) is 4.79 Å². The Morgan fingerprint density at radius 2 is 2.29 bits per heavy atom.